The lowest BCUT2D eigenvalue weighted by atomic mass is 9.76. The Kier molecular flexibility index (Phi) is 5.89. The molecule has 1 N–H and O–H groups in total. The highest BCUT2D eigenvalue weighted by molar-refractivity contribution is 5.90. The van der Waals surface area contributed by atoms with Gasteiger partial charge in [-0.15, -0.1) is 0 Å². The Balaban J connectivity index is 1.51. The van der Waals surface area contributed by atoms with E-state index in [0.717, 1.165) is 0 Å². The number of carbonyl (C=O) groups is 3. The summed E-state index contributed by atoms with van der Waals surface area (Å²) in [4.78, 5) is 36.8. The van der Waals surface area contributed by atoms with Gasteiger partial charge in [-0.3, -0.25) is 4.79 Å². The number of amides is 1. The zero-order chi connectivity index (χ0) is 21.8. The molecule has 31 heavy (non-hydrogen) atoms. The predicted octanol–water partition coefficient (Wildman–Crippen LogP) is 3.40. The van der Waals surface area contributed by atoms with Crippen LogP contribution in [0.4, 0.5) is 0 Å². The van der Waals surface area contributed by atoms with Gasteiger partial charge in [-0.25, -0.2) is 9.59 Å². The van der Waals surface area contributed by atoms with Gasteiger partial charge in [-0.1, -0.05) is 48.6 Å². The first kappa shape index (κ1) is 20.8. The van der Waals surface area contributed by atoms with Gasteiger partial charge < -0.3 is 14.8 Å². The lowest BCUT2D eigenvalue weighted by Crippen LogP contribution is -2.44. The van der Waals surface area contributed by atoms with Crippen LogP contribution < -0.4 is 5.32 Å². The maximum Gasteiger partial charge on any atom is 0.338 e. The first-order valence-electron chi connectivity index (χ1n) is 10.4. The first-order valence-corrected chi connectivity index (χ1v) is 10.4. The molecule has 1 amide bonds. The highest BCUT2D eigenvalue weighted by Crippen LogP contribution is 2.52. The molecule has 1 saturated carbocycles. The number of fused-ring (bicyclic) bond motifs is 2. The van der Waals surface area contributed by atoms with Crippen molar-refractivity contribution in [2.24, 2.45) is 17.3 Å². The summed E-state index contributed by atoms with van der Waals surface area (Å²) in [7, 11) is 0. The van der Waals surface area contributed by atoms with Gasteiger partial charge in [0.05, 0.1) is 11.1 Å². The van der Waals surface area contributed by atoms with E-state index in [9.17, 15) is 14.4 Å². The second-order valence-electron chi connectivity index (χ2n) is 8.25. The van der Waals surface area contributed by atoms with Crippen molar-refractivity contribution in [3.8, 4) is 0 Å². The van der Waals surface area contributed by atoms with Crippen molar-refractivity contribution in [3.63, 3.8) is 0 Å². The smallest absolute Gasteiger partial charge is 0.338 e. The largest absolute Gasteiger partial charge is 0.461 e. The van der Waals surface area contributed by atoms with Gasteiger partial charge in [-0.2, -0.15) is 0 Å². The lowest BCUT2D eigenvalue weighted by Gasteiger charge is -2.35. The molecule has 0 unspecified atom stereocenters. The van der Waals surface area contributed by atoms with Crippen LogP contribution in [-0.2, 0) is 14.3 Å². The van der Waals surface area contributed by atoms with Crippen molar-refractivity contribution in [1.29, 1.82) is 0 Å². The van der Waals surface area contributed by atoms with Crippen molar-refractivity contribution in [1.82, 2.24) is 5.32 Å². The van der Waals surface area contributed by atoms with Crippen molar-refractivity contribution < 1.29 is 23.9 Å². The molecule has 0 saturated heterocycles. The Morgan fingerprint density at radius 3 is 1.87 bits per heavy atom. The Hall–Kier alpha value is -3.41. The van der Waals surface area contributed by atoms with Gasteiger partial charge in [0, 0.05) is 24.3 Å². The molecule has 3 atom stereocenters. The van der Waals surface area contributed by atoms with Crippen LogP contribution >= 0.6 is 0 Å². The average molecular weight is 419 g/mol. The molecule has 1 fully saturated rings. The third-order valence-corrected chi connectivity index (χ3v) is 6.13. The number of benzene rings is 2. The summed E-state index contributed by atoms with van der Waals surface area (Å²) in [5.74, 6) is -0.926. The summed E-state index contributed by atoms with van der Waals surface area (Å²) in [6.07, 6.45) is 4.78. The van der Waals surface area contributed by atoms with Crippen molar-refractivity contribution in [2.75, 3.05) is 13.2 Å². The fourth-order valence-electron chi connectivity index (χ4n) is 4.67. The predicted molar refractivity (Wildman–Crippen MR) is 114 cm³/mol. The van der Waals surface area contributed by atoms with Gasteiger partial charge in [0.2, 0.25) is 5.91 Å². The number of nitrogens with one attached hydrogen (secondary N) is 1. The van der Waals surface area contributed by atoms with Crippen molar-refractivity contribution in [2.45, 2.75) is 19.4 Å². The van der Waals surface area contributed by atoms with Gasteiger partial charge >= 0.3 is 11.9 Å². The number of hydrogen-bond donors (Lipinski definition) is 1. The minimum atomic E-state index is -0.596. The Labute approximate surface area is 181 Å². The minimum Gasteiger partial charge on any atom is -0.461 e. The molecule has 2 aliphatic carbocycles. The molecule has 0 radical (unpaired) electrons. The van der Waals surface area contributed by atoms with Crippen LogP contribution in [0.3, 0.4) is 0 Å². The molecular weight excluding hydrogens is 394 g/mol. The summed E-state index contributed by atoms with van der Waals surface area (Å²) in [6, 6.07) is 17.5. The standard InChI is InChI=1S/C25H25NO5/c1-17(27)26-22-20-12-13-21(22)25(14-20,15-30-23(28)18-8-4-2-5-9-18)16-31-24(29)19-10-6-3-7-11-19/h2-13,20-22H,14-16H2,1H3,(H,26,27)/t20-,21-,22+/m1/s1. The van der Waals surface area contributed by atoms with Crippen molar-refractivity contribution >= 4 is 17.8 Å². The molecule has 6 heteroatoms. The molecule has 4 rings (SSSR count). The van der Waals surface area contributed by atoms with Crippen LogP contribution in [-0.4, -0.2) is 37.1 Å². The van der Waals surface area contributed by atoms with Gasteiger partial charge in [-0.05, 0) is 36.6 Å². The van der Waals surface area contributed by atoms with Crippen LogP contribution in [0.2, 0.25) is 0 Å². The van der Waals surface area contributed by atoms with Crippen LogP contribution in [0.15, 0.2) is 72.8 Å². The zero-order valence-electron chi connectivity index (χ0n) is 17.3. The number of hydrogen-bond acceptors (Lipinski definition) is 5. The van der Waals surface area contributed by atoms with E-state index in [1.165, 1.54) is 6.92 Å². The number of ether oxygens (including phenoxy) is 2. The lowest BCUT2D eigenvalue weighted by molar-refractivity contribution is -0.120. The average Bonchev–Trinajstić information content (AvgIpc) is 3.31. The molecule has 0 spiro atoms. The Morgan fingerprint density at radius 2 is 1.39 bits per heavy atom. The SMILES string of the molecule is CC(=O)N[C@H]1[C@@H]2C=C[C@H]1C(COC(=O)c1ccccc1)(COC(=O)c1ccccc1)C2. The van der Waals surface area contributed by atoms with E-state index in [0.29, 0.717) is 17.5 Å². The molecular formula is C25H25NO5. The molecule has 0 aromatic heterocycles. The van der Waals surface area contributed by atoms with E-state index in [1.807, 2.05) is 18.2 Å². The zero-order valence-corrected chi connectivity index (χ0v) is 17.3. The summed E-state index contributed by atoms with van der Waals surface area (Å²) < 4.78 is 11.4. The fourth-order valence-corrected chi connectivity index (χ4v) is 4.67. The van der Waals surface area contributed by atoms with Crippen LogP contribution in [0.1, 0.15) is 34.1 Å². The number of esters is 2. The fraction of sp³-hybridized carbons (Fsp3) is 0.320. The summed E-state index contributed by atoms with van der Waals surface area (Å²) in [6.45, 7) is 1.69. The van der Waals surface area contributed by atoms with E-state index >= 15 is 0 Å². The maximum atomic E-state index is 12.6. The molecule has 6 nitrogen and oxygen atoms in total. The van der Waals surface area contributed by atoms with E-state index in [4.69, 9.17) is 9.47 Å². The molecule has 160 valence electrons. The van der Waals surface area contributed by atoms with Gasteiger partial charge in [0.15, 0.2) is 0 Å². The minimum absolute atomic E-state index is 0.0893. The molecule has 2 aliphatic rings. The molecule has 0 aliphatic heterocycles. The number of carbonyl (C=O) groups excluding carboxylic acids is 3. The van der Waals surface area contributed by atoms with Crippen LogP contribution in [0.5, 0.6) is 0 Å². The second-order valence-corrected chi connectivity index (χ2v) is 8.25. The van der Waals surface area contributed by atoms with Crippen molar-refractivity contribution in [3.05, 3.63) is 83.9 Å². The molecule has 0 heterocycles. The Morgan fingerprint density at radius 1 is 0.871 bits per heavy atom. The van der Waals surface area contributed by atoms with E-state index in [1.54, 1.807) is 48.5 Å². The summed E-state index contributed by atoms with van der Waals surface area (Å²) in [5.41, 5.74) is 0.341. The summed E-state index contributed by atoms with van der Waals surface area (Å²) >= 11 is 0. The molecule has 2 aromatic rings. The Bertz CT molecular complexity index is 930. The normalized spacial score (nSPS) is 22.7. The second kappa shape index (κ2) is 8.76. The highest BCUT2D eigenvalue weighted by Gasteiger charge is 2.56. The topological polar surface area (TPSA) is 81.7 Å². The third kappa shape index (κ3) is 4.38. The quantitative estimate of drug-likeness (QED) is 0.550. The van der Waals surface area contributed by atoms with Crippen LogP contribution in [0, 0.1) is 17.3 Å². The maximum absolute atomic E-state index is 12.6. The van der Waals surface area contributed by atoms with Gasteiger partial charge in [0.1, 0.15) is 13.2 Å². The van der Waals surface area contributed by atoms with E-state index in [2.05, 4.69) is 11.4 Å². The van der Waals surface area contributed by atoms with E-state index < -0.39 is 17.4 Å². The molecule has 2 aromatic carbocycles. The highest BCUT2D eigenvalue weighted by atomic mass is 16.5. The van der Waals surface area contributed by atoms with Crippen LogP contribution in [0.25, 0.3) is 0 Å². The first-order chi connectivity index (χ1) is 15.0. The third-order valence-electron chi connectivity index (χ3n) is 6.13. The van der Waals surface area contributed by atoms with Gasteiger partial charge in [0.25, 0.3) is 0 Å². The monoisotopic (exact) mass is 419 g/mol. The summed E-state index contributed by atoms with van der Waals surface area (Å²) in [5, 5.41) is 3.01. The van der Waals surface area contributed by atoms with E-state index in [-0.39, 0.29) is 37.0 Å². The number of rotatable bonds is 7. The molecule has 2 bridgehead atoms.